The average molecular weight is 332 g/mol. The number of hydrogen-bond acceptors (Lipinski definition) is 3. The Labute approximate surface area is 127 Å². The Morgan fingerprint density at radius 1 is 1.22 bits per heavy atom. The number of nitrogens with one attached hydrogen (secondary N) is 3. The number of nitrogens with zero attached hydrogens (tertiary/aromatic N) is 1. The summed E-state index contributed by atoms with van der Waals surface area (Å²) in [7, 11) is 0. The molecule has 2 aromatic rings. The van der Waals surface area contributed by atoms with Gasteiger partial charge in [-0.3, -0.25) is 24.7 Å². The van der Waals surface area contributed by atoms with Gasteiger partial charge in [0.15, 0.2) is 0 Å². The van der Waals surface area contributed by atoms with Crippen LogP contribution < -0.4 is 16.2 Å². The number of aryl methyl sites for hydroxylation is 1. The van der Waals surface area contributed by atoms with Gasteiger partial charge in [0, 0.05) is 9.15 Å². The highest BCUT2D eigenvalue weighted by Crippen LogP contribution is 2.14. The third kappa shape index (κ3) is 3.20. The number of benzene rings is 1. The SMILES string of the molecule is Cc1ccc2[nH]n(CC3(C)NC(=O)NC3=O)c(=O)c2c1.F.FF. The van der Waals surface area contributed by atoms with Crippen LogP contribution in [0.2, 0.25) is 0 Å². The largest absolute Gasteiger partial charge is 0.322 e. The number of fused-ring (bicyclic) bond motifs is 1. The van der Waals surface area contributed by atoms with Gasteiger partial charge in [0.2, 0.25) is 0 Å². The molecule has 1 saturated heterocycles. The Morgan fingerprint density at radius 2 is 1.87 bits per heavy atom. The summed E-state index contributed by atoms with van der Waals surface area (Å²) in [5.74, 6) is -0.441. The molecule has 1 fully saturated rings. The van der Waals surface area contributed by atoms with Crippen molar-refractivity contribution >= 4 is 22.8 Å². The summed E-state index contributed by atoms with van der Waals surface area (Å²) < 4.78 is 17.3. The van der Waals surface area contributed by atoms with Crippen LogP contribution in [-0.2, 0) is 11.3 Å². The summed E-state index contributed by atoms with van der Waals surface area (Å²) in [6, 6.07) is 4.96. The molecule has 1 atom stereocenters. The molecule has 1 unspecified atom stereocenters. The van der Waals surface area contributed by atoms with Crippen LogP contribution in [-0.4, -0.2) is 27.3 Å². The van der Waals surface area contributed by atoms with Crippen LogP contribution in [0.4, 0.5) is 18.6 Å². The fourth-order valence-corrected chi connectivity index (χ4v) is 2.39. The third-order valence-electron chi connectivity index (χ3n) is 3.50. The number of H-pyrrole nitrogens is 1. The summed E-state index contributed by atoms with van der Waals surface area (Å²) in [4.78, 5) is 35.3. The zero-order valence-corrected chi connectivity index (χ0v) is 12.3. The van der Waals surface area contributed by atoms with Crippen LogP contribution in [0.15, 0.2) is 23.0 Å². The first kappa shape index (κ1) is 18.3. The van der Waals surface area contributed by atoms with Gasteiger partial charge in [-0.2, -0.15) is 0 Å². The molecule has 3 rings (SSSR count). The van der Waals surface area contributed by atoms with Crippen LogP contribution in [0.1, 0.15) is 12.5 Å². The minimum atomic E-state index is -1.13. The number of hydrogen-bond donors (Lipinski definition) is 3. The Bertz CT molecular complexity index is 801. The molecule has 1 aliphatic rings. The Hall–Kier alpha value is -2.78. The maximum atomic E-state index is 12.3. The third-order valence-corrected chi connectivity index (χ3v) is 3.50. The van der Waals surface area contributed by atoms with Crippen molar-refractivity contribution in [3.63, 3.8) is 0 Å². The predicted octanol–water partition coefficient (Wildman–Crippen LogP) is 1.23. The van der Waals surface area contributed by atoms with E-state index in [2.05, 4.69) is 15.7 Å². The molecule has 126 valence electrons. The first-order valence-electron chi connectivity index (χ1n) is 6.36. The molecule has 3 N–H and O–H groups in total. The second-order valence-corrected chi connectivity index (χ2v) is 5.29. The van der Waals surface area contributed by atoms with E-state index in [1.165, 1.54) is 4.68 Å². The van der Waals surface area contributed by atoms with E-state index in [4.69, 9.17) is 9.15 Å². The van der Waals surface area contributed by atoms with Crippen molar-refractivity contribution in [1.82, 2.24) is 20.4 Å². The van der Waals surface area contributed by atoms with E-state index in [0.717, 1.165) is 5.56 Å². The lowest BCUT2D eigenvalue weighted by atomic mass is 10.0. The van der Waals surface area contributed by atoms with Crippen molar-refractivity contribution in [2.75, 3.05) is 0 Å². The van der Waals surface area contributed by atoms with Crippen LogP contribution >= 0.6 is 0 Å². The molecule has 1 aromatic heterocycles. The monoisotopic (exact) mass is 332 g/mol. The normalized spacial score (nSPS) is 19.5. The molecule has 0 saturated carbocycles. The molecule has 2 heterocycles. The van der Waals surface area contributed by atoms with Crippen molar-refractivity contribution in [2.24, 2.45) is 0 Å². The van der Waals surface area contributed by atoms with Gasteiger partial charge in [-0.15, -0.1) is 0 Å². The number of halogens is 3. The molecule has 0 bridgehead atoms. The number of rotatable bonds is 2. The van der Waals surface area contributed by atoms with Gasteiger partial charge < -0.3 is 5.32 Å². The highest BCUT2D eigenvalue weighted by Gasteiger charge is 2.42. The number of amides is 3. The fourth-order valence-electron chi connectivity index (χ4n) is 2.39. The highest BCUT2D eigenvalue weighted by atomic mass is 20.0. The van der Waals surface area contributed by atoms with Crippen LogP contribution in [0, 0.1) is 6.92 Å². The molecule has 0 spiro atoms. The molecular formula is C13H15F3N4O3. The summed E-state index contributed by atoms with van der Waals surface area (Å²) in [5.41, 5.74) is 0.350. The zero-order valence-electron chi connectivity index (χ0n) is 12.3. The smallest absolute Gasteiger partial charge is 0.322 e. The van der Waals surface area contributed by atoms with Gasteiger partial charge in [-0.25, -0.2) is 9.48 Å². The van der Waals surface area contributed by atoms with Crippen LogP contribution in [0.25, 0.3) is 10.9 Å². The first-order chi connectivity index (χ1) is 10.4. The molecule has 1 aliphatic heterocycles. The first-order valence-corrected chi connectivity index (χ1v) is 6.36. The number of aromatic nitrogens is 2. The van der Waals surface area contributed by atoms with Gasteiger partial charge in [0.25, 0.3) is 11.5 Å². The van der Waals surface area contributed by atoms with E-state index >= 15 is 0 Å². The van der Waals surface area contributed by atoms with E-state index in [1.807, 2.05) is 19.1 Å². The van der Waals surface area contributed by atoms with Crippen molar-refractivity contribution in [2.45, 2.75) is 25.9 Å². The van der Waals surface area contributed by atoms with E-state index in [-0.39, 0.29) is 16.8 Å². The highest BCUT2D eigenvalue weighted by molar-refractivity contribution is 6.06. The van der Waals surface area contributed by atoms with Crippen molar-refractivity contribution in [3.8, 4) is 0 Å². The lowest BCUT2D eigenvalue weighted by Gasteiger charge is -2.20. The molecule has 3 amide bonds. The molecule has 0 aliphatic carbocycles. The number of carbonyl (C=O) groups excluding carboxylic acids is 2. The topological polar surface area (TPSA) is 96.0 Å². The van der Waals surface area contributed by atoms with Gasteiger partial charge in [-0.1, -0.05) is 11.6 Å². The second kappa shape index (κ2) is 6.55. The van der Waals surface area contributed by atoms with E-state index < -0.39 is 17.5 Å². The lowest BCUT2D eigenvalue weighted by Crippen LogP contribution is -2.49. The standard InChI is InChI=1S/C13H14N4O3.F2.FH/c1-7-3-4-9-8(5-7)10(18)17(16-9)6-13(2)11(19)14-12(20)15-13;1-2;/h3-5,16H,6H2,1-2H3,(H2,14,15,19,20);;1H. The molecule has 10 heteroatoms. The number of carbonyl (C=O) groups is 2. The lowest BCUT2D eigenvalue weighted by molar-refractivity contribution is -0.123. The van der Waals surface area contributed by atoms with Crippen LogP contribution in [0.3, 0.4) is 0 Å². The Balaban J connectivity index is 0.000000849. The van der Waals surface area contributed by atoms with E-state index in [9.17, 15) is 14.4 Å². The molecular weight excluding hydrogens is 317 g/mol. The second-order valence-electron chi connectivity index (χ2n) is 5.29. The Kier molecular flexibility index (Phi) is 5.20. The molecule has 1 aromatic carbocycles. The van der Waals surface area contributed by atoms with Gasteiger partial charge in [0.1, 0.15) is 5.54 Å². The van der Waals surface area contributed by atoms with E-state index in [1.54, 1.807) is 13.0 Å². The Morgan fingerprint density at radius 3 is 2.43 bits per heavy atom. The molecule has 0 radical (unpaired) electrons. The van der Waals surface area contributed by atoms with Gasteiger partial charge >= 0.3 is 6.03 Å². The number of aromatic amines is 1. The quantitative estimate of drug-likeness (QED) is 0.722. The van der Waals surface area contributed by atoms with Crippen molar-refractivity contribution in [1.29, 1.82) is 0 Å². The van der Waals surface area contributed by atoms with Crippen LogP contribution in [0.5, 0.6) is 0 Å². The molecule has 7 nitrogen and oxygen atoms in total. The van der Waals surface area contributed by atoms with Gasteiger partial charge in [0.05, 0.1) is 17.4 Å². The molecule has 23 heavy (non-hydrogen) atoms. The zero-order chi connectivity index (χ0) is 16.5. The summed E-state index contributed by atoms with van der Waals surface area (Å²) in [6.45, 7) is 3.54. The minimum Gasteiger partial charge on any atom is -0.322 e. The predicted molar refractivity (Wildman–Crippen MR) is 77.1 cm³/mol. The summed E-state index contributed by atoms with van der Waals surface area (Å²) >= 11 is 0. The average Bonchev–Trinajstić information content (AvgIpc) is 2.90. The minimum absolute atomic E-state index is 0. The van der Waals surface area contributed by atoms with E-state index in [0.29, 0.717) is 10.9 Å². The fraction of sp³-hybridized carbons (Fsp3) is 0.308. The maximum absolute atomic E-state index is 12.3. The van der Waals surface area contributed by atoms with Crippen molar-refractivity contribution < 1.29 is 23.4 Å². The number of urea groups is 1. The number of imide groups is 1. The van der Waals surface area contributed by atoms with Gasteiger partial charge in [-0.05, 0) is 26.0 Å². The maximum Gasteiger partial charge on any atom is 0.322 e. The summed E-state index contributed by atoms with van der Waals surface area (Å²) in [6.07, 6.45) is 0. The van der Waals surface area contributed by atoms with Crippen molar-refractivity contribution in [3.05, 3.63) is 34.1 Å². The summed E-state index contributed by atoms with van der Waals surface area (Å²) in [5, 5.41) is 8.22.